The molecule has 1 heterocycles. The summed E-state index contributed by atoms with van der Waals surface area (Å²) in [7, 11) is 0. The first-order valence-electron chi connectivity index (χ1n) is 12.2. The molecule has 166 valence electrons. The van der Waals surface area contributed by atoms with E-state index in [0.29, 0.717) is 18.2 Å². The average Bonchev–Trinajstić information content (AvgIpc) is 3.40. The molecule has 0 saturated heterocycles. The van der Waals surface area contributed by atoms with Gasteiger partial charge in [0, 0.05) is 17.5 Å². The van der Waals surface area contributed by atoms with E-state index in [0.717, 1.165) is 35.8 Å². The number of hydrogen-bond acceptors (Lipinski definition) is 3. The lowest BCUT2D eigenvalue weighted by atomic mass is 9.83. The van der Waals surface area contributed by atoms with Crippen LogP contribution in [0.1, 0.15) is 85.8 Å². The van der Waals surface area contributed by atoms with Crippen molar-refractivity contribution >= 4 is 5.78 Å². The molecule has 5 rings (SSSR count). The minimum Gasteiger partial charge on any atom is -0.445 e. The third kappa shape index (κ3) is 3.94. The fraction of sp³-hybridized carbons (Fsp3) is 0.448. The fourth-order valence-corrected chi connectivity index (χ4v) is 5.96. The second-order valence-corrected chi connectivity index (χ2v) is 10.2. The molecule has 0 aliphatic heterocycles. The summed E-state index contributed by atoms with van der Waals surface area (Å²) in [5.74, 6) is 2.98. The van der Waals surface area contributed by atoms with Crippen molar-refractivity contribution in [3.8, 4) is 22.6 Å². The monoisotopic (exact) mass is 427 g/mol. The zero-order valence-electron chi connectivity index (χ0n) is 19.5. The van der Waals surface area contributed by atoms with Gasteiger partial charge in [0.05, 0.1) is 6.20 Å². The van der Waals surface area contributed by atoms with Gasteiger partial charge in [-0.15, -0.1) is 0 Å². The van der Waals surface area contributed by atoms with Crippen LogP contribution in [0.25, 0.3) is 22.6 Å². The summed E-state index contributed by atoms with van der Waals surface area (Å²) in [6, 6.07) is 11.0. The van der Waals surface area contributed by atoms with E-state index >= 15 is 0 Å². The standard InChI is InChI=1S/C29H33NO2/c1-18(2)16-19(3)4-5-20-6-7-21-8-11-24-25(12-13-27(24)31)28(21)26-17-22(9-10-23(20)26)29-30-14-15-32-29/h8-11,14-15,17-20H,4-7,12-13,16H2,1-3H3. The van der Waals surface area contributed by atoms with Gasteiger partial charge in [0.25, 0.3) is 0 Å². The molecule has 2 atom stereocenters. The Kier molecular flexibility index (Phi) is 5.75. The normalized spacial score (nSPS) is 18.2. The SMILES string of the molecule is CC(C)CC(C)CCC1CCc2ccc3c(c2-c2cc(-c4ncco4)ccc21)CCC3=O. The van der Waals surface area contributed by atoms with Crippen molar-refractivity contribution in [3.05, 3.63) is 65.0 Å². The predicted molar refractivity (Wildman–Crippen MR) is 129 cm³/mol. The largest absolute Gasteiger partial charge is 0.445 e. The number of Topliss-reactive ketones (excluding diaryl/α,β-unsaturated/α-hetero) is 1. The van der Waals surface area contributed by atoms with Gasteiger partial charge in [0.15, 0.2) is 5.78 Å². The summed E-state index contributed by atoms with van der Waals surface area (Å²) in [4.78, 5) is 16.9. The number of carbonyl (C=O) groups excluding carboxylic acids is 1. The summed E-state index contributed by atoms with van der Waals surface area (Å²) in [5.41, 5.74) is 8.63. The van der Waals surface area contributed by atoms with Crippen molar-refractivity contribution in [2.24, 2.45) is 11.8 Å². The van der Waals surface area contributed by atoms with Gasteiger partial charge in [-0.2, -0.15) is 0 Å². The van der Waals surface area contributed by atoms with Crippen molar-refractivity contribution in [1.82, 2.24) is 4.98 Å². The number of benzene rings is 2. The lowest BCUT2D eigenvalue weighted by Crippen LogP contribution is -2.06. The number of rotatable bonds is 6. The number of ketones is 1. The highest BCUT2D eigenvalue weighted by Gasteiger charge is 2.30. The second-order valence-electron chi connectivity index (χ2n) is 10.2. The van der Waals surface area contributed by atoms with E-state index in [1.165, 1.54) is 53.5 Å². The number of hydrogen-bond donors (Lipinski definition) is 0. The molecule has 3 heteroatoms. The van der Waals surface area contributed by atoms with Crippen LogP contribution < -0.4 is 0 Å². The lowest BCUT2D eigenvalue weighted by Gasteiger charge is -2.22. The molecule has 32 heavy (non-hydrogen) atoms. The van der Waals surface area contributed by atoms with E-state index in [4.69, 9.17) is 4.42 Å². The van der Waals surface area contributed by atoms with Gasteiger partial charge in [-0.1, -0.05) is 45.4 Å². The van der Waals surface area contributed by atoms with Gasteiger partial charge in [-0.25, -0.2) is 4.98 Å². The Morgan fingerprint density at radius 1 is 1.06 bits per heavy atom. The second kappa shape index (κ2) is 8.69. The van der Waals surface area contributed by atoms with Gasteiger partial charge in [-0.05, 0) is 89.8 Å². The fourth-order valence-electron chi connectivity index (χ4n) is 5.96. The zero-order chi connectivity index (χ0) is 22.2. The van der Waals surface area contributed by atoms with Crippen molar-refractivity contribution in [2.75, 3.05) is 0 Å². The maximum atomic E-state index is 12.5. The molecule has 0 radical (unpaired) electrons. The molecule has 0 spiro atoms. The first-order chi connectivity index (χ1) is 15.5. The van der Waals surface area contributed by atoms with Crippen molar-refractivity contribution < 1.29 is 9.21 Å². The molecule has 0 fully saturated rings. The highest BCUT2D eigenvalue weighted by molar-refractivity contribution is 6.03. The van der Waals surface area contributed by atoms with E-state index in [9.17, 15) is 4.79 Å². The minimum atomic E-state index is 0.288. The molecule has 2 aromatic carbocycles. The van der Waals surface area contributed by atoms with Crippen LogP contribution in [0.5, 0.6) is 0 Å². The van der Waals surface area contributed by atoms with Crippen LogP contribution in [0.2, 0.25) is 0 Å². The van der Waals surface area contributed by atoms with Crippen LogP contribution in [-0.2, 0) is 12.8 Å². The number of nitrogens with zero attached hydrogens (tertiary/aromatic N) is 1. The van der Waals surface area contributed by atoms with Crippen LogP contribution in [0.4, 0.5) is 0 Å². The molecular weight excluding hydrogens is 394 g/mol. The Morgan fingerprint density at radius 2 is 1.94 bits per heavy atom. The number of aromatic nitrogens is 1. The molecule has 1 aromatic heterocycles. The van der Waals surface area contributed by atoms with Crippen LogP contribution >= 0.6 is 0 Å². The Balaban J connectivity index is 1.59. The Morgan fingerprint density at radius 3 is 2.72 bits per heavy atom. The first-order valence-corrected chi connectivity index (χ1v) is 12.2. The van der Waals surface area contributed by atoms with E-state index in [1.807, 2.05) is 0 Å². The average molecular weight is 428 g/mol. The summed E-state index contributed by atoms with van der Waals surface area (Å²) in [6.07, 6.45) is 10.8. The molecule has 0 saturated carbocycles. The smallest absolute Gasteiger partial charge is 0.225 e. The van der Waals surface area contributed by atoms with Crippen molar-refractivity contribution in [1.29, 1.82) is 0 Å². The maximum Gasteiger partial charge on any atom is 0.225 e. The number of carbonyl (C=O) groups is 1. The Labute approximate surface area is 191 Å². The van der Waals surface area contributed by atoms with E-state index in [1.54, 1.807) is 12.5 Å². The zero-order valence-corrected chi connectivity index (χ0v) is 19.5. The van der Waals surface area contributed by atoms with Gasteiger partial charge < -0.3 is 4.42 Å². The van der Waals surface area contributed by atoms with Crippen LogP contribution in [0, 0.1) is 11.8 Å². The molecule has 3 nitrogen and oxygen atoms in total. The molecule has 2 unspecified atom stereocenters. The number of aryl methyl sites for hydroxylation is 1. The molecule has 0 amide bonds. The van der Waals surface area contributed by atoms with E-state index < -0.39 is 0 Å². The topological polar surface area (TPSA) is 43.1 Å². The molecule has 2 aliphatic carbocycles. The van der Waals surface area contributed by atoms with E-state index in [2.05, 4.69) is 56.1 Å². The van der Waals surface area contributed by atoms with E-state index in [-0.39, 0.29) is 5.78 Å². The third-order valence-corrected chi connectivity index (χ3v) is 7.39. The highest BCUT2D eigenvalue weighted by Crippen LogP contribution is 2.46. The maximum absolute atomic E-state index is 12.5. The third-order valence-electron chi connectivity index (χ3n) is 7.39. The summed E-state index contributed by atoms with van der Waals surface area (Å²) >= 11 is 0. The van der Waals surface area contributed by atoms with Crippen LogP contribution in [-0.4, -0.2) is 10.8 Å². The number of fused-ring (bicyclic) bond motifs is 5. The lowest BCUT2D eigenvalue weighted by molar-refractivity contribution is 0.0994. The van der Waals surface area contributed by atoms with Gasteiger partial charge >= 0.3 is 0 Å². The molecule has 0 bridgehead atoms. The van der Waals surface area contributed by atoms with Crippen LogP contribution in [0.15, 0.2) is 47.2 Å². The Bertz CT molecular complexity index is 1130. The summed E-state index contributed by atoms with van der Waals surface area (Å²) in [5, 5.41) is 0. The minimum absolute atomic E-state index is 0.288. The van der Waals surface area contributed by atoms with Crippen LogP contribution in [0.3, 0.4) is 0 Å². The molecule has 2 aliphatic rings. The highest BCUT2D eigenvalue weighted by atomic mass is 16.3. The Hall–Kier alpha value is -2.68. The van der Waals surface area contributed by atoms with Gasteiger partial charge in [0.2, 0.25) is 5.89 Å². The number of oxazole rings is 1. The first kappa shape index (κ1) is 21.2. The predicted octanol–water partition coefficient (Wildman–Crippen LogP) is 7.63. The summed E-state index contributed by atoms with van der Waals surface area (Å²) < 4.78 is 5.62. The van der Waals surface area contributed by atoms with Gasteiger partial charge in [-0.3, -0.25) is 4.79 Å². The van der Waals surface area contributed by atoms with Crippen molar-refractivity contribution in [2.45, 2.75) is 71.6 Å². The van der Waals surface area contributed by atoms with Gasteiger partial charge in [0.1, 0.15) is 6.26 Å². The molecular formula is C29H33NO2. The quantitative estimate of drug-likeness (QED) is 0.406. The summed E-state index contributed by atoms with van der Waals surface area (Å²) in [6.45, 7) is 7.04. The molecule has 0 N–H and O–H groups in total. The molecule has 3 aromatic rings. The van der Waals surface area contributed by atoms with Crippen molar-refractivity contribution in [3.63, 3.8) is 0 Å².